The van der Waals surface area contributed by atoms with Crippen LogP contribution >= 0.6 is 0 Å². The Bertz CT molecular complexity index is 1110. The quantitative estimate of drug-likeness (QED) is 0.596. The Kier molecular flexibility index (Phi) is 6.05. The van der Waals surface area contributed by atoms with Crippen LogP contribution in [0.4, 0.5) is 10.5 Å². The normalized spacial score (nSPS) is 15.2. The van der Waals surface area contributed by atoms with Crippen molar-refractivity contribution in [2.24, 2.45) is 4.99 Å². The number of aliphatic hydroxyl groups is 1. The van der Waals surface area contributed by atoms with E-state index < -0.39 is 18.2 Å². The lowest BCUT2D eigenvalue weighted by Crippen LogP contribution is -2.42. The van der Waals surface area contributed by atoms with Gasteiger partial charge in [-0.1, -0.05) is 72.8 Å². The van der Waals surface area contributed by atoms with Gasteiger partial charge in [0.05, 0.1) is 18.0 Å². The highest BCUT2D eigenvalue weighted by molar-refractivity contribution is 6.19. The Morgan fingerprint density at radius 3 is 2.42 bits per heavy atom. The van der Waals surface area contributed by atoms with Crippen molar-refractivity contribution in [2.75, 3.05) is 5.32 Å². The van der Waals surface area contributed by atoms with Crippen molar-refractivity contribution in [3.8, 4) is 0 Å². The van der Waals surface area contributed by atoms with E-state index in [2.05, 4.69) is 15.6 Å². The van der Waals surface area contributed by atoms with Gasteiger partial charge in [0.15, 0.2) is 0 Å². The first-order chi connectivity index (χ1) is 15.1. The standard InChI is InChI=1S/C24H21N3O4/c28-14-16-10-12-18(13-11-16)21-19-8-4-5-9-20(19)25-23(29)22(26-21)27-24(30)31-15-17-6-2-1-3-7-17/h1-13,22,28H,14-15H2,(H,25,29)(H,27,30). The number of para-hydroxylation sites is 1. The van der Waals surface area contributed by atoms with Crippen molar-refractivity contribution in [1.29, 1.82) is 0 Å². The Morgan fingerprint density at radius 2 is 1.68 bits per heavy atom. The van der Waals surface area contributed by atoms with Gasteiger partial charge in [-0.2, -0.15) is 0 Å². The highest BCUT2D eigenvalue weighted by atomic mass is 16.5. The lowest BCUT2D eigenvalue weighted by atomic mass is 9.99. The van der Waals surface area contributed by atoms with Crippen molar-refractivity contribution in [3.05, 3.63) is 101 Å². The maximum absolute atomic E-state index is 12.7. The van der Waals surface area contributed by atoms with Gasteiger partial charge in [0.25, 0.3) is 5.91 Å². The van der Waals surface area contributed by atoms with Gasteiger partial charge >= 0.3 is 6.09 Å². The van der Waals surface area contributed by atoms with Crippen molar-refractivity contribution >= 4 is 23.4 Å². The summed E-state index contributed by atoms with van der Waals surface area (Å²) >= 11 is 0. The molecular weight excluding hydrogens is 394 g/mol. The van der Waals surface area contributed by atoms with Crippen LogP contribution in [-0.4, -0.2) is 29.0 Å². The molecule has 1 atom stereocenters. The highest BCUT2D eigenvalue weighted by Crippen LogP contribution is 2.24. The average molecular weight is 415 g/mol. The molecule has 7 heteroatoms. The SMILES string of the molecule is O=C(NC1N=C(c2ccc(CO)cc2)c2ccccc2NC1=O)OCc1ccccc1. The van der Waals surface area contributed by atoms with Crippen molar-refractivity contribution in [2.45, 2.75) is 19.4 Å². The van der Waals surface area contributed by atoms with Crippen LogP contribution in [0.1, 0.15) is 22.3 Å². The largest absolute Gasteiger partial charge is 0.445 e. The fourth-order valence-corrected chi connectivity index (χ4v) is 3.23. The number of nitrogens with one attached hydrogen (secondary N) is 2. The molecule has 3 N–H and O–H groups in total. The number of amides is 2. The van der Waals surface area contributed by atoms with Gasteiger partial charge in [-0.3, -0.25) is 10.1 Å². The third kappa shape index (κ3) is 4.79. The number of anilines is 1. The molecule has 1 heterocycles. The first-order valence-electron chi connectivity index (χ1n) is 9.79. The zero-order valence-electron chi connectivity index (χ0n) is 16.6. The van der Waals surface area contributed by atoms with Gasteiger partial charge in [0.2, 0.25) is 6.17 Å². The predicted octanol–water partition coefficient (Wildman–Crippen LogP) is 3.22. The Morgan fingerprint density at radius 1 is 0.968 bits per heavy atom. The molecule has 0 saturated carbocycles. The lowest BCUT2D eigenvalue weighted by molar-refractivity contribution is -0.117. The Hall–Kier alpha value is -3.97. The minimum absolute atomic E-state index is 0.0686. The maximum atomic E-state index is 12.7. The van der Waals surface area contributed by atoms with E-state index in [1.54, 1.807) is 18.2 Å². The van der Waals surface area contributed by atoms with Crippen molar-refractivity contribution in [3.63, 3.8) is 0 Å². The molecule has 0 aromatic heterocycles. The summed E-state index contributed by atoms with van der Waals surface area (Å²) in [5, 5.41) is 14.6. The molecule has 0 fully saturated rings. The number of aliphatic imine (C=N–C) groups is 1. The van der Waals surface area contributed by atoms with Gasteiger partial charge in [-0.15, -0.1) is 0 Å². The molecule has 0 bridgehead atoms. The summed E-state index contributed by atoms with van der Waals surface area (Å²) < 4.78 is 5.24. The second-order valence-corrected chi connectivity index (χ2v) is 6.98. The summed E-state index contributed by atoms with van der Waals surface area (Å²) in [6.07, 6.45) is -1.91. The lowest BCUT2D eigenvalue weighted by Gasteiger charge is -2.13. The molecule has 0 spiro atoms. The molecular formula is C24H21N3O4. The number of fused-ring (bicyclic) bond motifs is 1. The number of carbonyl (C=O) groups is 2. The van der Waals surface area contributed by atoms with Crippen LogP contribution in [0.3, 0.4) is 0 Å². The third-order valence-electron chi connectivity index (χ3n) is 4.82. The minimum atomic E-state index is -1.16. The summed E-state index contributed by atoms with van der Waals surface area (Å²) in [4.78, 5) is 29.6. The van der Waals surface area contributed by atoms with Gasteiger partial charge in [-0.05, 0) is 17.2 Å². The van der Waals surface area contributed by atoms with Crippen molar-refractivity contribution < 1.29 is 19.4 Å². The fraction of sp³-hybridized carbons (Fsp3) is 0.125. The van der Waals surface area contributed by atoms with E-state index in [0.29, 0.717) is 11.4 Å². The molecule has 2 amide bonds. The summed E-state index contributed by atoms with van der Waals surface area (Å²) in [5.74, 6) is -0.467. The number of alkyl carbamates (subject to hydrolysis) is 1. The van der Waals surface area contributed by atoms with Crippen LogP contribution in [0.5, 0.6) is 0 Å². The predicted molar refractivity (Wildman–Crippen MR) is 117 cm³/mol. The molecule has 1 aliphatic heterocycles. The summed E-state index contributed by atoms with van der Waals surface area (Å²) in [5.41, 5.74) is 4.23. The van der Waals surface area contributed by atoms with Crippen LogP contribution in [0.2, 0.25) is 0 Å². The van der Waals surface area contributed by atoms with Gasteiger partial charge < -0.3 is 15.2 Å². The molecule has 1 unspecified atom stereocenters. The van der Waals surface area contributed by atoms with E-state index in [9.17, 15) is 14.7 Å². The van der Waals surface area contributed by atoms with E-state index in [1.165, 1.54) is 0 Å². The molecule has 3 aromatic carbocycles. The van der Waals surface area contributed by atoms with E-state index in [0.717, 1.165) is 22.3 Å². The van der Waals surface area contributed by atoms with E-state index in [-0.39, 0.29) is 13.2 Å². The van der Waals surface area contributed by atoms with Crippen LogP contribution in [0, 0.1) is 0 Å². The minimum Gasteiger partial charge on any atom is -0.445 e. The number of aliphatic hydroxyl groups excluding tert-OH is 1. The molecule has 1 aliphatic rings. The van der Waals surface area contributed by atoms with Crippen LogP contribution in [0.25, 0.3) is 0 Å². The number of nitrogens with zero attached hydrogens (tertiary/aromatic N) is 1. The number of ether oxygens (including phenoxy) is 1. The zero-order valence-corrected chi connectivity index (χ0v) is 16.6. The fourth-order valence-electron chi connectivity index (χ4n) is 3.23. The van der Waals surface area contributed by atoms with Crippen molar-refractivity contribution in [1.82, 2.24) is 5.32 Å². The molecule has 31 heavy (non-hydrogen) atoms. The zero-order chi connectivity index (χ0) is 21.6. The number of hydrogen-bond acceptors (Lipinski definition) is 5. The highest BCUT2D eigenvalue weighted by Gasteiger charge is 2.27. The molecule has 3 aromatic rings. The van der Waals surface area contributed by atoms with E-state index in [1.807, 2.05) is 60.7 Å². The summed E-state index contributed by atoms with van der Waals surface area (Å²) in [6.45, 7) is 0.0151. The monoisotopic (exact) mass is 415 g/mol. The number of hydrogen-bond donors (Lipinski definition) is 3. The summed E-state index contributed by atoms with van der Waals surface area (Å²) in [7, 11) is 0. The average Bonchev–Trinajstić information content (AvgIpc) is 2.95. The van der Waals surface area contributed by atoms with Crippen LogP contribution in [-0.2, 0) is 22.7 Å². The van der Waals surface area contributed by atoms with E-state index in [4.69, 9.17) is 4.74 Å². The summed E-state index contributed by atoms with van der Waals surface area (Å²) in [6, 6.07) is 23.8. The number of benzene rings is 3. The second-order valence-electron chi connectivity index (χ2n) is 6.98. The smallest absolute Gasteiger partial charge is 0.409 e. The first-order valence-corrected chi connectivity index (χ1v) is 9.79. The number of rotatable bonds is 5. The Labute approximate surface area is 179 Å². The molecule has 0 aliphatic carbocycles. The number of carbonyl (C=O) groups excluding carboxylic acids is 2. The molecule has 7 nitrogen and oxygen atoms in total. The maximum Gasteiger partial charge on any atom is 0.409 e. The van der Waals surface area contributed by atoms with Crippen LogP contribution in [0.15, 0.2) is 83.9 Å². The molecule has 0 radical (unpaired) electrons. The topological polar surface area (TPSA) is 100 Å². The van der Waals surface area contributed by atoms with Gasteiger partial charge in [-0.25, -0.2) is 9.79 Å². The third-order valence-corrected chi connectivity index (χ3v) is 4.82. The molecule has 0 saturated heterocycles. The van der Waals surface area contributed by atoms with E-state index >= 15 is 0 Å². The number of benzodiazepines with no additional fused rings is 1. The van der Waals surface area contributed by atoms with Gasteiger partial charge in [0, 0.05) is 11.1 Å². The Balaban J connectivity index is 1.59. The van der Waals surface area contributed by atoms with Gasteiger partial charge in [0.1, 0.15) is 6.61 Å². The first kappa shape index (κ1) is 20.3. The second kappa shape index (κ2) is 9.23. The molecule has 156 valence electrons. The van der Waals surface area contributed by atoms with Crippen LogP contribution < -0.4 is 10.6 Å². The molecule has 4 rings (SSSR count).